The number of benzene rings is 1. The van der Waals surface area contributed by atoms with Gasteiger partial charge < -0.3 is 0 Å². The van der Waals surface area contributed by atoms with Crippen LogP contribution in [-0.2, 0) is 0 Å². The van der Waals surface area contributed by atoms with E-state index in [-0.39, 0.29) is 7.35 Å². The standard InChI is InChI=1S/C8H8BClFN2.F2/c1-5-6(2)8(12-13-9-11)4-3-7(5)10;1-2/h3-4H,1-2H3;/q+1;. The molecule has 0 heterocycles. The summed E-state index contributed by atoms with van der Waals surface area (Å²) in [7, 11) is 0.156. The van der Waals surface area contributed by atoms with Crippen molar-refractivity contribution in [3.8, 4) is 0 Å². The van der Waals surface area contributed by atoms with Gasteiger partial charge in [-0.05, 0) is 0 Å². The summed E-state index contributed by atoms with van der Waals surface area (Å²) in [6.07, 6.45) is 0. The predicted molar refractivity (Wildman–Crippen MR) is 54.2 cm³/mol. The Hall–Kier alpha value is -1.13. The van der Waals surface area contributed by atoms with Gasteiger partial charge in [0, 0.05) is 9.15 Å². The maximum Gasteiger partial charge on any atom is 0 e. The van der Waals surface area contributed by atoms with Gasteiger partial charge in [0.25, 0.3) is 0 Å². The van der Waals surface area contributed by atoms with E-state index in [4.69, 9.17) is 20.7 Å². The molecule has 1 aromatic carbocycles. The molecule has 80 valence electrons. The van der Waals surface area contributed by atoms with Crippen molar-refractivity contribution < 1.29 is 13.5 Å². The van der Waals surface area contributed by atoms with Gasteiger partial charge in [-0.1, -0.05) is 0 Å². The summed E-state index contributed by atoms with van der Waals surface area (Å²) in [6.45, 7) is 3.75. The van der Waals surface area contributed by atoms with Gasteiger partial charge in [0.1, 0.15) is 0 Å². The van der Waals surface area contributed by atoms with E-state index in [0.29, 0.717) is 10.7 Å². The number of rotatable bonds is 1. The van der Waals surface area contributed by atoms with E-state index in [1.165, 1.54) is 0 Å². The molecule has 0 fully saturated rings. The van der Waals surface area contributed by atoms with Crippen molar-refractivity contribution in [2.24, 2.45) is 5.11 Å². The smallest absolute Gasteiger partial charge is 0 e. The van der Waals surface area contributed by atoms with Crippen LogP contribution in [0.25, 0.3) is 0 Å². The van der Waals surface area contributed by atoms with Gasteiger partial charge in [0.05, 0.1) is 0 Å². The zero-order valence-electron chi connectivity index (χ0n) is 8.14. The molecule has 0 N–H and O–H groups in total. The number of nitrogens with zero attached hydrogens (tertiary/aromatic N) is 2. The first-order valence-corrected chi connectivity index (χ1v) is 4.27. The van der Waals surface area contributed by atoms with E-state index in [1.807, 2.05) is 13.8 Å². The van der Waals surface area contributed by atoms with Crippen LogP contribution in [0.15, 0.2) is 17.2 Å². The zero-order chi connectivity index (χ0) is 11.8. The fourth-order valence-corrected chi connectivity index (χ4v) is 1.17. The minimum absolute atomic E-state index is 0.156. The minimum atomic E-state index is 0.156. The molecule has 0 amide bonds. The van der Waals surface area contributed by atoms with Crippen LogP contribution in [0.3, 0.4) is 0 Å². The van der Waals surface area contributed by atoms with Crippen molar-refractivity contribution in [2.75, 3.05) is 0 Å². The van der Waals surface area contributed by atoms with Gasteiger partial charge in [-0.3, -0.25) is 0 Å². The maximum atomic E-state index is 11.6. The molecule has 0 radical (unpaired) electrons. The molecule has 0 bridgehead atoms. The molecule has 2 nitrogen and oxygen atoms in total. The van der Waals surface area contributed by atoms with Gasteiger partial charge in [-0.25, -0.2) is 0 Å². The van der Waals surface area contributed by atoms with E-state index in [1.54, 1.807) is 12.1 Å². The van der Waals surface area contributed by atoms with Crippen LogP contribution >= 0.6 is 11.6 Å². The average Bonchev–Trinajstić information content (AvgIpc) is 2.28. The van der Waals surface area contributed by atoms with Crippen molar-refractivity contribution in [1.82, 2.24) is 4.69 Å². The maximum absolute atomic E-state index is 11.6. The molecule has 0 saturated heterocycles. The molecular formula is C8H8BClF3N2+. The third-order valence-electron chi connectivity index (χ3n) is 1.90. The van der Waals surface area contributed by atoms with Gasteiger partial charge in [0.2, 0.25) is 0 Å². The Labute approximate surface area is 90.7 Å². The van der Waals surface area contributed by atoms with E-state index in [0.717, 1.165) is 11.1 Å². The molecule has 0 saturated carbocycles. The Kier molecular flexibility index (Phi) is 6.66. The van der Waals surface area contributed by atoms with Gasteiger partial charge in [-0.2, -0.15) is 0 Å². The van der Waals surface area contributed by atoms with Crippen LogP contribution in [0.5, 0.6) is 0 Å². The van der Waals surface area contributed by atoms with Crippen LogP contribution in [0.1, 0.15) is 11.1 Å². The minimum Gasteiger partial charge on any atom is 0 e. The molecule has 7 heteroatoms. The molecular weight excluding hydrogens is 227 g/mol. The molecule has 0 spiro atoms. The van der Waals surface area contributed by atoms with Gasteiger partial charge in [0.15, 0.2) is 0 Å². The summed E-state index contributed by atoms with van der Waals surface area (Å²) in [5, 5.41) is 4.34. The number of hydrogen-bond acceptors (Lipinski definition) is 1. The molecule has 0 aliphatic rings. The Bertz CT molecular complexity index is 392. The molecule has 15 heavy (non-hydrogen) atoms. The van der Waals surface area contributed by atoms with E-state index >= 15 is 0 Å². The van der Waals surface area contributed by atoms with Crippen LogP contribution < -0.4 is 4.69 Å². The first-order valence-electron chi connectivity index (χ1n) is 3.89. The molecule has 0 aliphatic carbocycles. The van der Waals surface area contributed by atoms with Crippen molar-refractivity contribution in [2.45, 2.75) is 13.8 Å². The number of halogens is 4. The van der Waals surface area contributed by atoms with Crippen LogP contribution in [-0.4, -0.2) is 7.35 Å². The van der Waals surface area contributed by atoms with Crippen molar-refractivity contribution in [3.63, 3.8) is 0 Å². The Balaban J connectivity index is 0.000000921. The molecule has 1 aromatic rings. The Morgan fingerprint density at radius 1 is 1.27 bits per heavy atom. The normalized spacial score (nSPS) is 8.13. The molecule has 1 rings (SSSR count). The van der Waals surface area contributed by atoms with Crippen molar-refractivity contribution >= 4 is 24.6 Å². The van der Waals surface area contributed by atoms with E-state index < -0.39 is 0 Å². The molecule has 0 aliphatic heterocycles. The van der Waals surface area contributed by atoms with Gasteiger partial charge in [-0.15, -0.1) is 0 Å². The summed E-state index contributed by atoms with van der Waals surface area (Å²) < 4.78 is 30.7. The van der Waals surface area contributed by atoms with Crippen LogP contribution in [0.4, 0.5) is 19.2 Å². The molecule has 0 unspecified atom stereocenters. The fraction of sp³-hybridized carbons (Fsp3) is 0.250. The monoisotopic (exact) mass is 235 g/mol. The second kappa shape index (κ2) is 7.20. The second-order valence-corrected chi connectivity index (χ2v) is 3.04. The number of hydrogen-bond donors (Lipinski definition) is 0. The van der Waals surface area contributed by atoms with Crippen LogP contribution in [0, 0.1) is 13.8 Å². The topological polar surface area (TPSA) is 26.5 Å². The molecule has 0 atom stereocenters. The largest absolute Gasteiger partial charge is 0 e. The predicted octanol–water partition coefficient (Wildman–Crippen LogP) is 3.72. The Morgan fingerprint density at radius 2 is 1.87 bits per heavy atom. The second-order valence-electron chi connectivity index (χ2n) is 2.63. The first-order chi connectivity index (χ1) is 7.16. The van der Waals surface area contributed by atoms with Gasteiger partial charge >= 0.3 is 80.9 Å². The molecule has 0 aromatic heterocycles. The third kappa shape index (κ3) is 3.85. The first kappa shape index (κ1) is 13.9. The average molecular weight is 235 g/mol. The van der Waals surface area contributed by atoms with Crippen LogP contribution in [0.2, 0.25) is 5.02 Å². The fourth-order valence-electron chi connectivity index (χ4n) is 0.966. The Morgan fingerprint density at radius 3 is 2.40 bits per heavy atom. The summed E-state index contributed by atoms with van der Waals surface area (Å²) in [5.41, 5.74) is 2.49. The zero-order valence-corrected chi connectivity index (χ0v) is 8.89. The summed E-state index contributed by atoms with van der Waals surface area (Å²) in [5.74, 6) is 0. The van der Waals surface area contributed by atoms with Crippen molar-refractivity contribution in [1.29, 1.82) is 0 Å². The summed E-state index contributed by atoms with van der Waals surface area (Å²) in [6, 6.07) is 3.42. The summed E-state index contributed by atoms with van der Waals surface area (Å²) in [4.78, 5) is 0. The SMILES string of the molecule is Cc1c(Cl)ccc(N=[N+]=BF)c1C.FF. The summed E-state index contributed by atoms with van der Waals surface area (Å²) >= 11 is 5.87. The van der Waals surface area contributed by atoms with E-state index in [9.17, 15) is 4.32 Å². The van der Waals surface area contributed by atoms with Crippen molar-refractivity contribution in [3.05, 3.63) is 28.3 Å². The van der Waals surface area contributed by atoms with E-state index in [2.05, 4.69) is 9.81 Å². The third-order valence-corrected chi connectivity index (χ3v) is 2.31. The quantitative estimate of drug-likeness (QED) is 0.403.